The Bertz CT molecular complexity index is 1500. The van der Waals surface area contributed by atoms with Gasteiger partial charge in [0.25, 0.3) is 0 Å². The third kappa shape index (κ3) is 6.08. The summed E-state index contributed by atoms with van der Waals surface area (Å²) in [4.78, 5) is 23.7. The van der Waals surface area contributed by atoms with Crippen molar-refractivity contribution in [1.29, 1.82) is 0 Å². The number of carbonyl (C=O) groups excluding carboxylic acids is 1. The highest BCUT2D eigenvalue weighted by atomic mass is 127. The maximum absolute atomic E-state index is 12.5. The third-order valence-electron chi connectivity index (χ3n) is 4.95. The van der Waals surface area contributed by atoms with Gasteiger partial charge < -0.3 is 19.0 Å². The Hall–Kier alpha value is -2.90. The summed E-state index contributed by atoms with van der Waals surface area (Å²) in [6, 6.07) is 15.4. The highest BCUT2D eigenvalue weighted by molar-refractivity contribution is 14.1. The van der Waals surface area contributed by atoms with Gasteiger partial charge in [-0.25, -0.2) is 10.2 Å². The first-order valence-electron chi connectivity index (χ1n) is 10.3. The van der Waals surface area contributed by atoms with Crippen molar-refractivity contribution in [2.45, 2.75) is 6.61 Å². The molecular formula is C25H17Br2IN2O6. The molecule has 1 heterocycles. The van der Waals surface area contributed by atoms with E-state index >= 15 is 0 Å². The Morgan fingerprint density at radius 1 is 1.17 bits per heavy atom. The average Bonchev–Trinajstić information content (AvgIpc) is 3.28. The normalized spacial score (nSPS) is 11.1. The van der Waals surface area contributed by atoms with Crippen LogP contribution in [0.4, 0.5) is 0 Å². The number of methoxy groups -OCH3 is 1. The van der Waals surface area contributed by atoms with Gasteiger partial charge in [-0.15, -0.1) is 0 Å². The minimum Gasteiger partial charge on any atom is -0.493 e. The van der Waals surface area contributed by atoms with E-state index in [9.17, 15) is 9.59 Å². The smallest absolute Gasteiger partial charge is 0.335 e. The van der Waals surface area contributed by atoms with E-state index in [0.717, 1.165) is 17.9 Å². The van der Waals surface area contributed by atoms with E-state index in [1.165, 1.54) is 19.4 Å². The van der Waals surface area contributed by atoms with Gasteiger partial charge in [-0.05, 0) is 92.1 Å². The molecule has 11 heteroatoms. The zero-order valence-electron chi connectivity index (χ0n) is 18.6. The van der Waals surface area contributed by atoms with Crippen LogP contribution in [-0.4, -0.2) is 30.3 Å². The fraction of sp³-hybridized carbons (Fsp3) is 0.0800. The summed E-state index contributed by atoms with van der Waals surface area (Å²) in [5.74, 6) is -0.378. The minimum atomic E-state index is -0.999. The molecule has 2 N–H and O–H groups in total. The van der Waals surface area contributed by atoms with Gasteiger partial charge in [0.05, 0.1) is 26.9 Å². The van der Waals surface area contributed by atoms with Gasteiger partial charge in [-0.2, -0.15) is 5.10 Å². The van der Waals surface area contributed by atoms with Gasteiger partial charge in [0.15, 0.2) is 17.3 Å². The van der Waals surface area contributed by atoms with E-state index in [0.29, 0.717) is 28.2 Å². The minimum absolute atomic E-state index is 0.129. The van der Waals surface area contributed by atoms with Crippen molar-refractivity contribution in [3.05, 3.63) is 89.6 Å². The number of carboxylic acid groups (broad SMARTS) is 1. The zero-order valence-corrected chi connectivity index (χ0v) is 23.9. The summed E-state index contributed by atoms with van der Waals surface area (Å²) in [6.45, 7) is 0.168. The Labute approximate surface area is 236 Å². The Balaban J connectivity index is 1.45. The van der Waals surface area contributed by atoms with Crippen LogP contribution in [0, 0.1) is 3.57 Å². The number of hydrazone groups is 1. The summed E-state index contributed by atoms with van der Waals surface area (Å²) in [7, 11) is 1.52. The van der Waals surface area contributed by atoms with Crippen molar-refractivity contribution in [1.82, 2.24) is 5.43 Å². The largest absolute Gasteiger partial charge is 0.493 e. The van der Waals surface area contributed by atoms with Gasteiger partial charge in [-0.1, -0.05) is 28.1 Å². The predicted octanol–water partition coefficient (Wildman–Crippen LogP) is 6.61. The van der Waals surface area contributed by atoms with Gasteiger partial charge in [0, 0.05) is 9.86 Å². The van der Waals surface area contributed by atoms with Crippen LogP contribution in [0.25, 0.3) is 11.0 Å². The molecular weight excluding hydrogens is 711 g/mol. The molecule has 4 rings (SSSR count). The first-order valence-corrected chi connectivity index (χ1v) is 13.0. The third-order valence-corrected chi connectivity index (χ3v) is 6.80. The first-order chi connectivity index (χ1) is 17.2. The Morgan fingerprint density at radius 3 is 2.72 bits per heavy atom. The zero-order chi connectivity index (χ0) is 25.8. The quantitative estimate of drug-likeness (QED) is 0.120. The van der Waals surface area contributed by atoms with Gasteiger partial charge >= 0.3 is 11.9 Å². The molecule has 0 fully saturated rings. The molecule has 3 aromatic carbocycles. The number of benzene rings is 3. The molecule has 36 heavy (non-hydrogen) atoms. The molecule has 8 nitrogen and oxygen atoms in total. The van der Waals surface area contributed by atoms with Crippen LogP contribution in [0.5, 0.6) is 11.5 Å². The lowest BCUT2D eigenvalue weighted by Crippen LogP contribution is -2.16. The molecule has 0 bridgehead atoms. The lowest BCUT2D eigenvalue weighted by molar-refractivity contribution is 0.0696. The number of aromatic carboxylic acids is 1. The maximum atomic E-state index is 12.5. The van der Waals surface area contributed by atoms with E-state index in [1.807, 2.05) is 18.2 Å². The molecule has 0 spiro atoms. The summed E-state index contributed by atoms with van der Waals surface area (Å²) >= 11 is 8.95. The van der Waals surface area contributed by atoms with Crippen molar-refractivity contribution >= 4 is 83.5 Å². The predicted molar refractivity (Wildman–Crippen MR) is 150 cm³/mol. The number of nitrogens with zero attached hydrogens (tertiary/aromatic N) is 1. The summed E-state index contributed by atoms with van der Waals surface area (Å²) in [5, 5.41) is 14.0. The Morgan fingerprint density at radius 2 is 1.97 bits per heavy atom. The highest BCUT2D eigenvalue weighted by Crippen LogP contribution is 2.34. The highest BCUT2D eigenvalue weighted by Gasteiger charge is 2.15. The molecule has 0 saturated carbocycles. The number of hydrogen-bond donors (Lipinski definition) is 2. The van der Waals surface area contributed by atoms with Crippen molar-refractivity contribution in [3.8, 4) is 11.5 Å². The molecule has 0 unspecified atom stereocenters. The molecule has 0 saturated heterocycles. The summed E-state index contributed by atoms with van der Waals surface area (Å²) < 4.78 is 19.4. The van der Waals surface area contributed by atoms with Crippen LogP contribution in [0.1, 0.15) is 32.0 Å². The number of furan rings is 1. The molecule has 0 atom stereocenters. The second-order valence-electron chi connectivity index (χ2n) is 7.44. The molecule has 0 aliphatic carbocycles. The van der Waals surface area contributed by atoms with E-state index in [1.54, 1.807) is 30.3 Å². The maximum Gasteiger partial charge on any atom is 0.335 e. The van der Waals surface area contributed by atoms with Crippen molar-refractivity contribution in [3.63, 3.8) is 0 Å². The molecule has 0 radical (unpaired) electrons. The molecule has 4 aromatic rings. The molecule has 0 aliphatic heterocycles. The second kappa shape index (κ2) is 11.4. The van der Waals surface area contributed by atoms with Crippen LogP contribution in [0.3, 0.4) is 0 Å². The van der Waals surface area contributed by atoms with Crippen LogP contribution in [0.2, 0.25) is 0 Å². The van der Waals surface area contributed by atoms with Gasteiger partial charge in [-0.3, -0.25) is 4.79 Å². The number of carbonyl (C=O) groups is 2. The lowest BCUT2D eigenvalue weighted by atomic mass is 10.1. The van der Waals surface area contributed by atoms with Crippen LogP contribution in [0.15, 0.2) is 73.1 Å². The van der Waals surface area contributed by atoms with E-state index < -0.39 is 11.9 Å². The van der Waals surface area contributed by atoms with Crippen molar-refractivity contribution in [2.75, 3.05) is 7.11 Å². The number of carboxylic acids is 1. The molecule has 1 amide bonds. The number of rotatable bonds is 8. The van der Waals surface area contributed by atoms with Crippen LogP contribution in [-0.2, 0) is 6.61 Å². The SMILES string of the molecule is COc1cc(/C=N\NC(=O)c2cc3cc(Br)cc(Br)c3o2)cc(I)c1OCc1cccc(C(=O)O)c1. The van der Waals surface area contributed by atoms with Crippen LogP contribution >= 0.6 is 54.5 Å². The number of halogens is 3. The topological polar surface area (TPSA) is 110 Å². The second-order valence-corrected chi connectivity index (χ2v) is 10.4. The van der Waals surface area contributed by atoms with E-state index in [-0.39, 0.29) is 17.9 Å². The standard InChI is InChI=1S/C25H17Br2IN2O6/c1-34-20-7-14(6-19(28)23(20)35-12-13-3-2-4-15(5-13)25(32)33)11-29-30-24(31)21-9-16-8-17(26)10-18(27)22(16)36-21/h2-11H,12H2,1H3,(H,30,31)(H,32,33)/b29-11-. The van der Waals surface area contributed by atoms with Gasteiger partial charge in [0.2, 0.25) is 0 Å². The van der Waals surface area contributed by atoms with E-state index in [2.05, 4.69) is 65.0 Å². The van der Waals surface area contributed by atoms with E-state index in [4.69, 9.17) is 19.0 Å². The van der Waals surface area contributed by atoms with Gasteiger partial charge in [0.1, 0.15) is 12.2 Å². The number of nitrogens with one attached hydrogen (secondary N) is 1. The van der Waals surface area contributed by atoms with Crippen molar-refractivity contribution in [2.24, 2.45) is 5.10 Å². The summed E-state index contributed by atoms with van der Waals surface area (Å²) in [5.41, 5.74) is 4.61. The van der Waals surface area contributed by atoms with Crippen molar-refractivity contribution < 1.29 is 28.6 Å². The number of ether oxygens (including phenoxy) is 2. The number of fused-ring (bicyclic) bond motifs is 1. The Kier molecular flexibility index (Phi) is 8.32. The first kappa shape index (κ1) is 26.2. The fourth-order valence-corrected chi connectivity index (χ4v) is 5.43. The van der Waals surface area contributed by atoms with Crippen LogP contribution < -0.4 is 14.9 Å². The lowest BCUT2D eigenvalue weighted by Gasteiger charge is -2.14. The number of amides is 1. The summed E-state index contributed by atoms with van der Waals surface area (Å²) in [6.07, 6.45) is 1.48. The number of hydrogen-bond acceptors (Lipinski definition) is 6. The molecule has 184 valence electrons. The molecule has 0 aliphatic rings. The fourth-order valence-electron chi connectivity index (χ4n) is 3.31. The molecule has 1 aromatic heterocycles. The monoisotopic (exact) mass is 726 g/mol. The average molecular weight is 728 g/mol.